The number of amides is 2. The maximum Gasteiger partial charge on any atom is 0.231 e. The first-order chi connectivity index (χ1) is 12.8. The van der Waals surface area contributed by atoms with Crippen LogP contribution in [0.2, 0.25) is 0 Å². The molecule has 2 aromatic carbocycles. The summed E-state index contributed by atoms with van der Waals surface area (Å²) in [6.07, 6.45) is 0.987. The van der Waals surface area contributed by atoms with Crippen LogP contribution in [0.5, 0.6) is 11.5 Å². The monoisotopic (exact) mass is 366 g/mol. The average Bonchev–Trinajstić information content (AvgIpc) is 2.99. The molecule has 6 heteroatoms. The predicted octanol–water partition coefficient (Wildman–Crippen LogP) is 3.24. The number of hydrogen-bond donors (Lipinski definition) is 2. The summed E-state index contributed by atoms with van der Waals surface area (Å²) in [6, 6.07) is 13.1. The Labute approximate surface area is 157 Å². The van der Waals surface area contributed by atoms with Gasteiger partial charge in [-0.2, -0.15) is 0 Å². The molecule has 2 fully saturated rings. The lowest BCUT2D eigenvalue weighted by molar-refractivity contribution is -0.120. The average molecular weight is 366 g/mol. The van der Waals surface area contributed by atoms with Crippen molar-refractivity contribution >= 4 is 23.2 Å². The van der Waals surface area contributed by atoms with Gasteiger partial charge in [0.05, 0.1) is 0 Å². The van der Waals surface area contributed by atoms with Gasteiger partial charge in [0.15, 0.2) is 0 Å². The molecule has 0 aromatic heterocycles. The fraction of sp³-hybridized carbons (Fsp3) is 0.333. The van der Waals surface area contributed by atoms with Gasteiger partial charge in [-0.15, -0.1) is 0 Å². The molecule has 2 unspecified atom stereocenters. The summed E-state index contributed by atoms with van der Waals surface area (Å²) in [5.41, 5.74) is 0.280. The zero-order valence-electron chi connectivity index (χ0n) is 15.3. The van der Waals surface area contributed by atoms with Crippen molar-refractivity contribution in [2.45, 2.75) is 32.4 Å². The van der Waals surface area contributed by atoms with E-state index in [2.05, 4.69) is 0 Å². The van der Waals surface area contributed by atoms with Crippen LogP contribution in [0, 0.1) is 11.8 Å². The summed E-state index contributed by atoms with van der Waals surface area (Å²) >= 11 is 0. The lowest BCUT2D eigenvalue weighted by Crippen LogP contribution is -2.56. The second-order valence-electron chi connectivity index (χ2n) is 7.58. The van der Waals surface area contributed by atoms with Crippen LogP contribution < -0.4 is 9.80 Å². The maximum atomic E-state index is 13.1. The van der Waals surface area contributed by atoms with E-state index in [-0.39, 0.29) is 35.1 Å². The number of phenolic OH excluding ortho intramolecular Hbond substituents is 2. The van der Waals surface area contributed by atoms with Crippen molar-refractivity contribution in [3.63, 3.8) is 0 Å². The highest BCUT2D eigenvalue weighted by Crippen LogP contribution is 2.50. The minimum absolute atomic E-state index is 0.0660. The summed E-state index contributed by atoms with van der Waals surface area (Å²) in [4.78, 5) is 29.5. The molecular formula is C21H22N2O4. The van der Waals surface area contributed by atoms with E-state index in [1.54, 1.807) is 58.3 Å². The van der Waals surface area contributed by atoms with E-state index in [1.807, 2.05) is 13.8 Å². The van der Waals surface area contributed by atoms with E-state index < -0.39 is 5.66 Å². The largest absolute Gasteiger partial charge is 0.508 e. The van der Waals surface area contributed by atoms with Crippen molar-refractivity contribution in [2.24, 2.45) is 11.8 Å². The summed E-state index contributed by atoms with van der Waals surface area (Å²) in [5, 5.41) is 19.9. The number of benzene rings is 2. The lowest BCUT2D eigenvalue weighted by Gasteiger charge is -2.42. The lowest BCUT2D eigenvalue weighted by atomic mass is 9.95. The number of anilines is 2. The van der Waals surface area contributed by atoms with Crippen LogP contribution in [-0.4, -0.2) is 27.7 Å². The number of aromatic hydroxyl groups is 2. The van der Waals surface area contributed by atoms with Crippen LogP contribution in [0.1, 0.15) is 26.7 Å². The standard InChI is InChI=1S/C21H22N2O4/c1-13-11-21(22(19(13)26)15-5-3-7-17(24)9-15)12-14(2)20(27)23(21)16-6-4-8-18(25)10-16/h3-10,13-14,24-25H,11-12H2,1-2H3. The van der Waals surface area contributed by atoms with Crippen LogP contribution in [0.4, 0.5) is 11.4 Å². The zero-order chi connectivity index (χ0) is 19.3. The Hall–Kier alpha value is -3.02. The SMILES string of the molecule is CC1CC2(CC(C)C(=O)N2c2cccc(O)c2)N(c2cccc(O)c2)C1=O. The van der Waals surface area contributed by atoms with E-state index in [9.17, 15) is 19.8 Å². The number of rotatable bonds is 2. The van der Waals surface area contributed by atoms with Gasteiger partial charge < -0.3 is 10.2 Å². The van der Waals surface area contributed by atoms with Crippen LogP contribution in [0.15, 0.2) is 48.5 Å². The smallest absolute Gasteiger partial charge is 0.231 e. The molecule has 2 amide bonds. The first kappa shape index (κ1) is 17.4. The van der Waals surface area contributed by atoms with Crippen molar-refractivity contribution in [1.82, 2.24) is 0 Å². The van der Waals surface area contributed by atoms with E-state index >= 15 is 0 Å². The van der Waals surface area contributed by atoms with Gasteiger partial charge in [-0.05, 0) is 24.3 Å². The molecule has 2 atom stereocenters. The van der Waals surface area contributed by atoms with Crippen LogP contribution in [0.25, 0.3) is 0 Å². The molecule has 0 radical (unpaired) electrons. The van der Waals surface area contributed by atoms with Crippen molar-refractivity contribution in [3.8, 4) is 11.5 Å². The number of nitrogens with zero attached hydrogens (tertiary/aromatic N) is 2. The van der Waals surface area contributed by atoms with Crippen LogP contribution >= 0.6 is 0 Å². The third-order valence-corrected chi connectivity index (χ3v) is 5.56. The molecule has 0 aliphatic carbocycles. The molecule has 2 aliphatic rings. The molecule has 6 nitrogen and oxygen atoms in total. The van der Waals surface area contributed by atoms with Gasteiger partial charge in [0.2, 0.25) is 11.8 Å². The Morgan fingerprint density at radius 3 is 1.59 bits per heavy atom. The molecule has 2 N–H and O–H groups in total. The molecule has 140 valence electrons. The van der Waals surface area contributed by atoms with E-state index in [0.29, 0.717) is 24.2 Å². The molecular weight excluding hydrogens is 344 g/mol. The predicted molar refractivity (Wildman–Crippen MR) is 101 cm³/mol. The fourth-order valence-electron chi connectivity index (χ4n) is 4.55. The highest BCUT2D eigenvalue weighted by molar-refractivity contribution is 6.07. The molecule has 0 saturated carbocycles. The van der Waals surface area contributed by atoms with Gasteiger partial charge in [0.25, 0.3) is 0 Å². The minimum Gasteiger partial charge on any atom is -0.508 e. The Morgan fingerprint density at radius 2 is 1.22 bits per heavy atom. The quantitative estimate of drug-likeness (QED) is 0.855. The van der Waals surface area contributed by atoms with Gasteiger partial charge in [-0.25, -0.2) is 0 Å². The molecule has 2 heterocycles. The number of carbonyl (C=O) groups excluding carboxylic acids is 2. The Bertz CT molecular complexity index is 850. The van der Waals surface area contributed by atoms with Crippen molar-refractivity contribution in [2.75, 3.05) is 9.80 Å². The Balaban J connectivity index is 1.91. The summed E-state index contributed by atoms with van der Waals surface area (Å²) in [6.45, 7) is 3.72. The molecule has 4 rings (SSSR count). The van der Waals surface area contributed by atoms with Crippen molar-refractivity contribution in [1.29, 1.82) is 0 Å². The van der Waals surface area contributed by atoms with E-state index in [1.165, 1.54) is 0 Å². The first-order valence-electron chi connectivity index (χ1n) is 9.10. The van der Waals surface area contributed by atoms with Crippen LogP contribution in [-0.2, 0) is 9.59 Å². The van der Waals surface area contributed by atoms with Crippen molar-refractivity contribution < 1.29 is 19.8 Å². The fourth-order valence-corrected chi connectivity index (χ4v) is 4.55. The molecule has 2 aromatic rings. The molecule has 2 saturated heterocycles. The van der Waals surface area contributed by atoms with Crippen LogP contribution in [0.3, 0.4) is 0 Å². The third-order valence-electron chi connectivity index (χ3n) is 5.56. The minimum atomic E-state index is -0.853. The highest BCUT2D eigenvalue weighted by Gasteiger charge is 2.60. The normalized spacial score (nSPS) is 27.8. The summed E-state index contributed by atoms with van der Waals surface area (Å²) < 4.78 is 0. The topological polar surface area (TPSA) is 81.1 Å². The number of carbonyl (C=O) groups is 2. The maximum absolute atomic E-state index is 13.1. The Morgan fingerprint density at radius 1 is 0.815 bits per heavy atom. The zero-order valence-corrected chi connectivity index (χ0v) is 15.3. The van der Waals surface area contributed by atoms with Crippen molar-refractivity contribution in [3.05, 3.63) is 48.5 Å². The molecule has 27 heavy (non-hydrogen) atoms. The van der Waals surface area contributed by atoms with E-state index in [0.717, 1.165) is 0 Å². The molecule has 2 aliphatic heterocycles. The second kappa shape index (κ2) is 6.01. The van der Waals surface area contributed by atoms with Gasteiger partial charge in [-0.1, -0.05) is 26.0 Å². The summed E-state index contributed by atoms with van der Waals surface area (Å²) in [7, 11) is 0. The molecule has 1 spiro atoms. The van der Waals surface area contributed by atoms with Gasteiger partial charge >= 0.3 is 0 Å². The second-order valence-corrected chi connectivity index (χ2v) is 7.58. The van der Waals surface area contributed by atoms with Gasteiger partial charge in [-0.3, -0.25) is 19.4 Å². The van der Waals surface area contributed by atoms with Gasteiger partial charge in [0, 0.05) is 48.2 Å². The third kappa shape index (κ3) is 2.55. The molecule has 0 bridgehead atoms. The van der Waals surface area contributed by atoms with E-state index in [4.69, 9.17) is 0 Å². The summed E-state index contributed by atoms with van der Waals surface area (Å²) in [5.74, 6) is -0.539. The highest BCUT2D eigenvalue weighted by atomic mass is 16.3. The number of hydrogen-bond acceptors (Lipinski definition) is 4. The first-order valence-corrected chi connectivity index (χ1v) is 9.10. The number of phenols is 2. The van der Waals surface area contributed by atoms with Gasteiger partial charge in [0.1, 0.15) is 17.2 Å². The Kier molecular flexibility index (Phi) is 3.87.